The number of hydrogen-bond acceptors (Lipinski definition) is 10. The first-order chi connectivity index (χ1) is 18.8. The lowest BCUT2D eigenvalue weighted by molar-refractivity contribution is 0.245. The number of hydrogen-bond donors (Lipinski definition) is 4. The number of nitrogens with one attached hydrogen (secondary N) is 1. The summed E-state index contributed by atoms with van der Waals surface area (Å²) in [6.45, 7) is 3.71. The van der Waals surface area contributed by atoms with Gasteiger partial charge in [-0.1, -0.05) is 25.0 Å². The number of piperidine rings is 1. The van der Waals surface area contributed by atoms with Crippen LogP contribution in [0.4, 0.5) is 27.5 Å². The van der Waals surface area contributed by atoms with Gasteiger partial charge in [-0.15, -0.1) is 10.2 Å². The quantitative estimate of drug-likeness (QED) is 0.289. The van der Waals surface area contributed by atoms with E-state index in [1.165, 1.54) is 0 Å². The van der Waals surface area contributed by atoms with E-state index in [0.717, 1.165) is 18.2 Å². The van der Waals surface area contributed by atoms with Gasteiger partial charge in [0.2, 0.25) is 5.82 Å². The molecule has 12 heteroatoms. The Morgan fingerprint density at radius 1 is 1.15 bits per heavy atom. The van der Waals surface area contributed by atoms with Crippen LogP contribution in [0, 0.1) is 17.8 Å². The van der Waals surface area contributed by atoms with Gasteiger partial charge in [0.05, 0.1) is 24.5 Å². The van der Waals surface area contributed by atoms with E-state index >= 15 is 0 Å². The van der Waals surface area contributed by atoms with E-state index in [0.29, 0.717) is 48.2 Å². The van der Waals surface area contributed by atoms with Crippen LogP contribution in [-0.2, 0) is 7.05 Å². The van der Waals surface area contributed by atoms with Crippen LogP contribution >= 0.6 is 0 Å². The summed E-state index contributed by atoms with van der Waals surface area (Å²) in [6.07, 6.45) is 3.35. The second-order valence-corrected chi connectivity index (χ2v) is 9.20. The molecule has 0 bridgehead atoms. The SMILES string of the molecule is C[C@H]1C[C@@H](F)CN(c2ccnc(C#CCNc3ccn(C)n3)n2)C1.Nc1cc(-c2ccccc2O)nnc1N. The van der Waals surface area contributed by atoms with Gasteiger partial charge in [0.25, 0.3) is 0 Å². The Bertz CT molecular complexity index is 1450. The lowest BCUT2D eigenvalue weighted by Crippen LogP contribution is -2.41. The number of nitrogens with two attached hydrogens (primary N) is 2. The molecule has 11 nitrogen and oxygen atoms in total. The first-order valence-corrected chi connectivity index (χ1v) is 12.4. The summed E-state index contributed by atoms with van der Waals surface area (Å²) in [5.74, 6) is 8.52. The fourth-order valence-corrected chi connectivity index (χ4v) is 4.05. The predicted molar refractivity (Wildman–Crippen MR) is 149 cm³/mol. The number of aromatic nitrogens is 6. The lowest BCUT2D eigenvalue weighted by Gasteiger charge is -2.33. The Balaban J connectivity index is 0.000000202. The number of anilines is 4. The van der Waals surface area contributed by atoms with Gasteiger partial charge in [-0.3, -0.25) is 4.68 Å². The summed E-state index contributed by atoms with van der Waals surface area (Å²) >= 11 is 0. The van der Waals surface area contributed by atoms with E-state index in [9.17, 15) is 9.50 Å². The summed E-state index contributed by atoms with van der Waals surface area (Å²) in [5, 5.41) is 24.4. The van der Waals surface area contributed by atoms with Crippen molar-refractivity contribution in [2.45, 2.75) is 19.5 Å². The molecule has 202 valence electrons. The molecule has 0 radical (unpaired) electrons. The van der Waals surface area contributed by atoms with Gasteiger partial charge in [-0.05, 0) is 42.5 Å². The molecule has 3 aromatic heterocycles. The van der Waals surface area contributed by atoms with Crippen LogP contribution in [0.2, 0.25) is 0 Å². The molecule has 4 heterocycles. The Kier molecular flexibility index (Phi) is 8.73. The fourth-order valence-electron chi connectivity index (χ4n) is 4.05. The maximum Gasteiger partial charge on any atom is 0.206 e. The number of alkyl halides is 1. The predicted octanol–water partition coefficient (Wildman–Crippen LogP) is 2.87. The average Bonchev–Trinajstić information content (AvgIpc) is 3.33. The van der Waals surface area contributed by atoms with Crippen molar-refractivity contribution in [2.24, 2.45) is 13.0 Å². The minimum atomic E-state index is -0.805. The second kappa shape index (κ2) is 12.6. The molecule has 5 rings (SSSR count). The Morgan fingerprint density at radius 2 is 1.97 bits per heavy atom. The molecule has 1 saturated heterocycles. The van der Waals surface area contributed by atoms with Crippen molar-refractivity contribution in [3.63, 3.8) is 0 Å². The number of aryl methyl sites for hydroxylation is 1. The standard InChI is InChI=1S/C17H21FN6.C10H10N4O/c1-13-10-14(18)12-24(11-13)17-5-8-20-15(21-17)4-3-7-19-16-6-9-23(2)22-16;11-7-5-8(13-14-10(7)12)6-3-1-2-4-9(6)15/h5-6,8-9,13-14H,7,10-12H2,1-2H3,(H,19,22);1-5,15H,(H2,11,13)(H2,12,14)/t13-,14+;/m0./s1. The number of para-hydroxylation sites is 1. The van der Waals surface area contributed by atoms with Crippen LogP contribution in [0.25, 0.3) is 11.3 Å². The zero-order chi connectivity index (χ0) is 27.8. The van der Waals surface area contributed by atoms with Crippen molar-refractivity contribution in [2.75, 3.05) is 41.3 Å². The van der Waals surface area contributed by atoms with Crippen LogP contribution < -0.4 is 21.7 Å². The monoisotopic (exact) mass is 530 g/mol. The third kappa shape index (κ3) is 7.54. The molecular formula is C27H31FN10O. The van der Waals surface area contributed by atoms with Crippen LogP contribution in [0.5, 0.6) is 5.75 Å². The second-order valence-electron chi connectivity index (χ2n) is 9.20. The molecular weight excluding hydrogens is 499 g/mol. The number of halogens is 1. The average molecular weight is 531 g/mol. The first-order valence-electron chi connectivity index (χ1n) is 12.4. The van der Waals surface area contributed by atoms with Crippen molar-refractivity contribution in [1.29, 1.82) is 0 Å². The summed E-state index contributed by atoms with van der Waals surface area (Å²) in [5.41, 5.74) is 12.5. The minimum Gasteiger partial charge on any atom is -0.507 e. The van der Waals surface area contributed by atoms with Crippen molar-refractivity contribution in [1.82, 2.24) is 29.9 Å². The molecule has 0 spiro atoms. The van der Waals surface area contributed by atoms with Crippen LogP contribution in [0.15, 0.2) is 54.9 Å². The molecule has 1 aliphatic rings. The Hall–Kier alpha value is -4.92. The normalized spacial score (nSPS) is 16.4. The highest BCUT2D eigenvalue weighted by atomic mass is 19.1. The molecule has 0 saturated carbocycles. The minimum absolute atomic E-state index is 0.135. The van der Waals surface area contributed by atoms with Gasteiger partial charge in [-0.2, -0.15) is 5.10 Å². The molecule has 4 aromatic rings. The molecule has 0 amide bonds. The van der Waals surface area contributed by atoms with Gasteiger partial charge in [0.15, 0.2) is 5.82 Å². The third-order valence-corrected chi connectivity index (χ3v) is 5.88. The summed E-state index contributed by atoms with van der Waals surface area (Å²) in [6, 6.07) is 12.1. The number of benzene rings is 1. The first kappa shape index (κ1) is 27.1. The van der Waals surface area contributed by atoms with E-state index in [1.54, 1.807) is 41.2 Å². The van der Waals surface area contributed by atoms with Gasteiger partial charge >= 0.3 is 0 Å². The zero-order valence-corrected chi connectivity index (χ0v) is 21.8. The maximum absolute atomic E-state index is 13.8. The molecule has 1 fully saturated rings. The van der Waals surface area contributed by atoms with E-state index in [4.69, 9.17) is 11.5 Å². The smallest absolute Gasteiger partial charge is 0.206 e. The Morgan fingerprint density at radius 3 is 2.69 bits per heavy atom. The van der Waals surface area contributed by atoms with E-state index in [1.807, 2.05) is 30.3 Å². The van der Waals surface area contributed by atoms with Gasteiger partial charge in [0, 0.05) is 37.6 Å². The highest BCUT2D eigenvalue weighted by Gasteiger charge is 2.25. The zero-order valence-electron chi connectivity index (χ0n) is 21.8. The number of rotatable bonds is 4. The number of phenols is 1. The summed E-state index contributed by atoms with van der Waals surface area (Å²) in [7, 11) is 1.86. The van der Waals surface area contributed by atoms with Gasteiger partial charge in [0.1, 0.15) is 23.6 Å². The number of phenolic OH excluding ortho intramolecular Hbond substituents is 1. The topological polar surface area (TPSA) is 157 Å². The van der Waals surface area contributed by atoms with E-state index in [-0.39, 0.29) is 11.6 Å². The fraction of sp³-hybridized carbons (Fsp3) is 0.296. The largest absolute Gasteiger partial charge is 0.507 e. The Labute approximate surface area is 226 Å². The number of aromatic hydroxyl groups is 1. The highest BCUT2D eigenvalue weighted by molar-refractivity contribution is 5.71. The van der Waals surface area contributed by atoms with Gasteiger partial charge in [-0.25, -0.2) is 14.4 Å². The molecule has 1 aliphatic heterocycles. The third-order valence-electron chi connectivity index (χ3n) is 5.88. The van der Waals surface area contributed by atoms with Crippen molar-refractivity contribution < 1.29 is 9.50 Å². The molecule has 1 aromatic carbocycles. The van der Waals surface area contributed by atoms with Crippen molar-refractivity contribution in [3.05, 3.63) is 60.7 Å². The molecule has 6 N–H and O–H groups in total. The van der Waals surface area contributed by atoms with Gasteiger partial charge < -0.3 is 26.8 Å². The number of nitrogens with zero attached hydrogens (tertiary/aromatic N) is 7. The molecule has 39 heavy (non-hydrogen) atoms. The maximum atomic E-state index is 13.8. The van der Waals surface area contributed by atoms with E-state index < -0.39 is 6.17 Å². The van der Waals surface area contributed by atoms with Crippen LogP contribution in [0.1, 0.15) is 19.2 Å². The highest BCUT2D eigenvalue weighted by Crippen LogP contribution is 2.28. The van der Waals surface area contributed by atoms with Crippen LogP contribution in [0.3, 0.4) is 0 Å². The summed E-state index contributed by atoms with van der Waals surface area (Å²) < 4.78 is 15.5. The lowest BCUT2D eigenvalue weighted by atomic mass is 9.99. The molecule has 0 aliphatic carbocycles. The molecule has 0 unspecified atom stereocenters. The van der Waals surface area contributed by atoms with Crippen LogP contribution in [-0.4, -0.2) is 60.9 Å². The number of nitrogen functional groups attached to an aromatic ring is 2. The van der Waals surface area contributed by atoms with E-state index in [2.05, 4.69) is 49.3 Å². The van der Waals surface area contributed by atoms with Crippen molar-refractivity contribution in [3.8, 4) is 28.8 Å². The molecule has 2 atom stereocenters. The van der Waals surface area contributed by atoms with Crippen molar-refractivity contribution >= 4 is 23.1 Å². The summed E-state index contributed by atoms with van der Waals surface area (Å²) in [4.78, 5) is 10.6.